The van der Waals surface area contributed by atoms with Crippen molar-refractivity contribution in [2.24, 2.45) is 0 Å². The standard InChI is InChI=1S/C22H23N5O2S/c1-4-26-17(3)21(15-23-26)22-13-14-27(24-22)19-9-7-18(8-10-19)25-30(28,29)20-11-5-16(2)6-12-20/h5-15,25H,4H2,1-3H3. The van der Waals surface area contributed by atoms with Crippen LogP contribution in [0.3, 0.4) is 0 Å². The zero-order chi connectivity index (χ0) is 21.3. The second-order valence-corrected chi connectivity index (χ2v) is 8.75. The van der Waals surface area contributed by atoms with E-state index in [4.69, 9.17) is 0 Å². The van der Waals surface area contributed by atoms with Gasteiger partial charge in [0.05, 0.1) is 22.5 Å². The Labute approximate surface area is 176 Å². The van der Waals surface area contributed by atoms with E-state index in [-0.39, 0.29) is 4.90 Å². The van der Waals surface area contributed by atoms with Crippen LogP contribution in [0.4, 0.5) is 5.69 Å². The number of sulfonamides is 1. The summed E-state index contributed by atoms with van der Waals surface area (Å²) in [5, 5.41) is 9.01. The molecule has 0 saturated carbocycles. The average molecular weight is 422 g/mol. The van der Waals surface area contributed by atoms with Gasteiger partial charge in [0.15, 0.2) is 0 Å². The van der Waals surface area contributed by atoms with Gasteiger partial charge in [-0.1, -0.05) is 17.7 Å². The highest BCUT2D eigenvalue weighted by Gasteiger charge is 2.14. The van der Waals surface area contributed by atoms with E-state index in [2.05, 4.69) is 21.8 Å². The van der Waals surface area contributed by atoms with E-state index in [1.807, 2.05) is 49.1 Å². The van der Waals surface area contributed by atoms with Crippen molar-refractivity contribution in [3.8, 4) is 16.9 Å². The minimum absolute atomic E-state index is 0.233. The molecule has 0 radical (unpaired) electrons. The molecule has 4 aromatic rings. The van der Waals surface area contributed by atoms with Gasteiger partial charge in [-0.25, -0.2) is 13.1 Å². The number of nitrogens with zero attached hydrogens (tertiary/aromatic N) is 4. The van der Waals surface area contributed by atoms with E-state index in [0.717, 1.165) is 34.7 Å². The number of benzene rings is 2. The Kier molecular flexibility index (Phi) is 5.17. The summed E-state index contributed by atoms with van der Waals surface area (Å²) in [4.78, 5) is 0.233. The fourth-order valence-corrected chi connectivity index (χ4v) is 4.30. The molecule has 2 heterocycles. The predicted molar refractivity (Wildman–Crippen MR) is 117 cm³/mol. The molecule has 7 nitrogen and oxygen atoms in total. The van der Waals surface area contributed by atoms with Crippen molar-refractivity contribution < 1.29 is 8.42 Å². The van der Waals surface area contributed by atoms with Gasteiger partial charge in [-0.2, -0.15) is 10.2 Å². The molecule has 0 aliphatic carbocycles. The maximum atomic E-state index is 12.6. The first kappa shape index (κ1) is 19.9. The van der Waals surface area contributed by atoms with E-state index < -0.39 is 10.0 Å². The molecule has 4 rings (SSSR count). The smallest absolute Gasteiger partial charge is 0.261 e. The van der Waals surface area contributed by atoms with Crippen molar-refractivity contribution in [1.29, 1.82) is 0 Å². The lowest BCUT2D eigenvalue weighted by molar-refractivity contribution is 0.601. The quantitative estimate of drug-likeness (QED) is 0.506. The van der Waals surface area contributed by atoms with Gasteiger partial charge in [0.25, 0.3) is 10.0 Å². The molecule has 0 atom stereocenters. The van der Waals surface area contributed by atoms with Crippen molar-refractivity contribution in [3.05, 3.63) is 78.2 Å². The third kappa shape index (κ3) is 3.86. The molecule has 0 spiro atoms. The average Bonchev–Trinajstić information content (AvgIpc) is 3.35. The summed E-state index contributed by atoms with van der Waals surface area (Å²) in [5.74, 6) is 0. The Hall–Kier alpha value is -3.39. The largest absolute Gasteiger partial charge is 0.280 e. The van der Waals surface area contributed by atoms with Crippen LogP contribution in [0.1, 0.15) is 18.2 Å². The topological polar surface area (TPSA) is 81.8 Å². The van der Waals surface area contributed by atoms with Gasteiger partial charge in [0, 0.05) is 29.7 Å². The molecule has 8 heteroatoms. The minimum Gasteiger partial charge on any atom is -0.280 e. The van der Waals surface area contributed by atoms with Crippen molar-refractivity contribution in [1.82, 2.24) is 19.6 Å². The molecule has 0 aliphatic heterocycles. The fraction of sp³-hybridized carbons (Fsp3) is 0.182. The summed E-state index contributed by atoms with van der Waals surface area (Å²) in [6.07, 6.45) is 3.71. The monoisotopic (exact) mass is 421 g/mol. The maximum absolute atomic E-state index is 12.6. The Bertz CT molecular complexity index is 1270. The van der Waals surface area contributed by atoms with Crippen molar-refractivity contribution in [2.45, 2.75) is 32.2 Å². The third-order valence-electron chi connectivity index (χ3n) is 4.98. The Morgan fingerprint density at radius 1 is 0.967 bits per heavy atom. The van der Waals surface area contributed by atoms with Crippen LogP contribution in [0.2, 0.25) is 0 Å². The van der Waals surface area contributed by atoms with Crippen molar-refractivity contribution in [2.75, 3.05) is 4.72 Å². The highest BCUT2D eigenvalue weighted by atomic mass is 32.2. The lowest BCUT2D eigenvalue weighted by atomic mass is 10.2. The van der Waals surface area contributed by atoms with E-state index in [1.54, 1.807) is 41.1 Å². The van der Waals surface area contributed by atoms with Gasteiger partial charge < -0.3 is 0 Å². The predicted octanol–water partition coefficient (Wildman–Crippen LogP) is 4.17. The lowest BCUT2D eigenvalue weighted by Gasteiger charge is -2.09. The SMILES string of the molecule is CCn1ncc(-c2ccn(-c3ccc(NS(=O)(=O)c4ccc(C)cc4)cc3)n2)c1C. The van der Waals surface area contributed by atoms with Gasteiger partial charge in [0.2, 0.25) is 0 Å². The lowest BCUT2D eigenvalue weighted by Crippen LogP contribution is -2.12. The van der Waals surface area contributed by atoms with Crippen molar-refractivity contribution in [3.63, 3.8) is 0 Å². The molecule has 0 unspecified atom stereocenters. The maximum Gasteiger partial charge on any atom is 0.261 e. The van der Waals surface area contributed by atoms with Crippen LogP contribution in [0.25, 0.3) is 16.9 Å². The summed E-state index contributed by atoms with van der Waals surface area (Å²) in [7, 11) is -3.63. The summed E-state index contributed by atoms with van der Waals surface area (Å²) in [6.45, 7) is 6.81. The molecule has 0 amide bonds. The molecule has 0 bridgehead atoms. The molecule has 2 aromatic heterocycles. The second kappa shape index (κ2) is 7.79. The van der Waals surface area contributed by atoms with Gasteiger partial charge >= 0.3 is 0 Å². The van der Waals surface area contributed by atoms with Crippen LogP contribution in [0, 0.1) is 13.8 Å². The third-order valence-corrected chi connectivity index (χ3v) is 6.38. The first-order valence-corrected chi connectivity index (χ1v) is 11.1. The molecule has 0 saturated heterocycles. The van der Waals surface area contributed by atoms with E-state index in [9.17, 15) is 8.42 Å². The van der Waals surface area contributed by atoms with Crippen LogP contribution in [-0.2, 0) is 16.6 Å². The van der Waals surface area contributed by atoms with Gasteiger partial charge in [-0.05, 0) is 63.2 Å². The number of aryl methyl sites for hydroxylation is 2. The molecule has 2 aromatic carbocycles. The summed E-state index contributed by atoms with van der Waals surface area (Å²) in [5.41, 5.74) is 5.25. The fourth-order valence-electron chi connectivity index (χ4n) is 3.24. The molecule has 154 valence electrons. The van der Waals surface area contributed by atoms with Crippen LogP contribution >= 0.6 is 0 Å². The zero-order valence-corrected chi connectivity index (χ0v) is 17.9. The molecule has 30 heavy (non-hydrogen) atoms. The molecule has 1 N–H and O–H groups in total. The molecular formula is C22H23N5O2S. The Morgan fingerprint density at radius 3 is 2.30 bits per heavy atom. The number of anilines is 1. The number of aromatic nitrogens is 4. The van der Waals surface area contributed by atoms with Gasteiger partial charge in [-0.3, -0.25) is 9.40 Å². The normalized spacial score (nSPS) is 11.6. The number of rotatable bonds is 6. The summed E-state index contributed by atoms with van der Waals surface area (Å²) in [6, 6.07) is 15.8. The summed E-state index contributed by atoms with van der Waals surface area (Å²) < 4.78 is 31.4. The number of nitrogens with one attached hydrogen (secondary N) is 1. The molecule has 0 fully saturated rings. The zero-order valence-electron chi connectivity index (χ0n) is 17.1. The number of hydrogen-bond donors (Lipinski definition) is 1. The van der Waals surface area contributed by atoms with Gasteiger partial charge in [-0.15, -0.1) is 0 Å². The van der Waals surface area contributed by atoms with Gasteiger partial charge in [0.1, 0.15) is 0 Å². The first-order valence-electron chi connectivity index (χ1n) is 9.66. The molecular weight excluding hydrogens is 398 g/mol. The van der Waals surface area contributed by atoms with Crippen LogP contribution in [-0.4, -0.2) is 28.0 Å². The Balaban J connectivity index is 1.53. The minimum atomic E-state index is -3.63. The van der Waals surface area contributed by atoms with Crippen LogP contribution in [0.15, 0.2) is 71.9 Å². The Morgan fingerprint density at radius 2 is 1.67 bits per heavy atom. The number of hydrogen-bond acceptors (Lipinski definition) is 4. The highest BCUT2D eigenvalue weighted by molar-refractivity contribution is 7.92. The van der Waals surface area contributed by atoms with E-state index in [0.29, 0.717) is 5.69 Å². The van der Waals surface area contributed by atoms with E-state index >= 15 is 0 Å². The van der Waals surface area contributed by atoms with E-state index in [1.165, 1.54) is 0 Å². The van der Waals surface area contributed by atoms with Crippen molar-refractivity contribution >= 4 is 15.7 Å². The highest BCUT2D eigenvalue weighted by Crippen LogP contribution is 2.23. The van der Waals surface area contributed by atoms with Crippen LogP contribution < -0.4 is 4.72 Å². The van der Waals surface area contributed by atoms with Crippen LogP contribution in [0.5, 0.6) is 0 Å². The summed E-state index contributed by atoms with van der Waals surface area (Å²) >= 11 is 0. The first-order chi connectivity index (χ1) is 14.4. The second-order valence-electron chi connectivity index (χ2n) is 7.07. The molecule has 0 aliphatic rings.